The van der Waals surface area contributed by atoms with Crippen LogP contribution in [0.3, 0.4) is 0 Å². The molecular formula is C73H126O16P2. The zero-order valence-corrected chi connectivity index (χ0v) is 58.5. The van der Waals surface area contributed by atoms with Crippen molar-refractivity contribution in [3.63, 3.8) is 0 Å². The van der Waals surface area contributed by atoms with Crippen LogP contribution in [0.15, 0.2) is 109 Å². The number of rotatable bonds is 66. The number of phosphoric ester groups is 2. The number of hydrogen-bond acceptors (Lipinski definition) is 14. The molecule has 0 aromatic carbocycles. The third kappa shape index (κ3) is 67.4. The monoisotopic (exact) mass is 1320 g/mol. The van der Waals surface area contributed by atoms with Gasteiger partial charge in [-0.2, -0.15) is 0 Å². The predicted octanol–water partition coefficient (Wildman–Crippen LogP) is 19.6. The summed E-state index contributed by atoms with van der Waals surface area (Å²) in [6.07, 6.45) is 74.3. The van der Waals surface area contributed by atoms with Crippen LogP contribution in [0.5, 0.6) is 0 Å². The fraction of sp³-hybridized carbons (Fsp3) is 0.712. The van der Waals surface area contributed by atoms with Gasteiger partial charge in [-0.05, 0) is 122 Å². The number of unbranched alkanes of at least 4 members (excludes halogenated alkanes) is 25. The maximum atomic E-state index is 12.9. The van der Waals surface area contributed by atoms with Gasteiger partial charge in [-0.3, -0.25) is 32.5 Å². The van der Waals surface area contributed by atoms with Crippen molar-refractivity contribution in [2.24, 2.45) is 0 Å². The minimum atomic E-state index is -4.93. The van der Waals surface area contributed by atoms with E-state index in [9.17, 15) is 43.5 Å². The molecule has 18 heteroatoms. The van der Waals surface area contributed by atoms with Crippen LogP contribution in [0, 0.1) is 0 Å². The Balaban J connectivity index is 4.50. The quantitative estimate of drug-likeness (QED) is 0.0146. The van der Waals surface area contributed by atoms with Crippen LogP contribution in [0.4, 0.5) is 0 Å². The molecule has 0 rings (SSSR count). The number of carbonyl (C=O) groups is 3. The zero-order chi connectivity index (χ0) is 66.7. The lowest BCUT2D eigenvalue weighted by Crippen LogP contribution is -2.30. The molecule has 0 saturated carbocycles. The summed E-state index contributed by atoms with van der Waals surface area (Å²) in [5, 5.41) is 20.6. The highest BCUT2D eigenvalue weighted by Crippen LogP contribution is 2.45. The third-order valence-corrected chi connectivity index (χ3v) is 16.3. The standard InChI is InChI=1S/C73H126O16P2/c1-4-7-10-13-16-19-22-25-27-28-29-30-31-32-33-34-35-36-37-38-40-43-44-47-50-53-56-59-71(76)83-62-68(74)63-85-90(79,80)86-64-69(75)65-87-91(81,82)88-67-70(89-73(78)61-58-55-52-49-46-41-24-21-18-15-12-9-6-3)66-84-72(77)60-57-54-51-48-45-42-39-26-23-20-17-14-11-8-5-2/h7,10,12,15-17,19-21,24-27,29-30,32-33,39,68-70,74-75H,4-6,8-9,11,13-14,18,22-23,28,31,34-38,40-67H2,1-3H3,(H,79,80)(H,81,82)/b10-7-,15-12-,19-16-,20-17-,24-21-,27-25-,30-29-,33-32-,39-26-. The van der Waals surface area contributed by atoms with Gasteiger partial charge in [-0.25, -0.2) is 9.13 Å². The summed E-state index contributed by atoms with van der Waals surface area (Å²) in [6.45, 7) is 2.43. The number of phosphoric acid groups is 2. The van der Waals surface area contributed by atoms with E-state index in [1.54, 1.807) is 0 Å². The fourth-order valence-electron chi connectivity index (χ4n) is 9.08. The lowest BCUT2D eigenvalue weighted by Gasteiger charge is -2.21. The van der Waals surface area contributed by atoms with Crippen LogP contribution in [-0.2, 0) is 55.8 Å². The Bertz CT molecular complexity index is 2100. The number of esters is 3. The molecule has 0 aromatic rings. The Labute approximate surface area is 551 Å². The first-order valence-corrected chi connectivity index (χ1v) is 38.2. The minimum Gasteiger partial charge on any atom is -0.463 e. The van der Waals surface area contributed by atoms with Crippen LogP contribution in [0.1, 0.15) is 278 Å². The first kappa shape index (κ1) is 87.2. The first-order chi connectivity index (χ1) is 44.2. The average molecular weight is 1320 g/mol. The zero-order valence-electron chi connectivity index (χ0n) is 56.7. The van der Waals surface area contributed by atoms with Gasteiger partial charge in [0.25, 0.3) is 0 Å². The highest BCUT2D eigenvalue weighted by molar-refractivity contribution is 7.47. The number of allylic oxidation sites excluding steroid dienone is 18. The van der Waals surface area contributed by atoms with Crippen molar-refractivity contribution in [2.75, 3.05) is 39.6 Å². The van der Waals surface area contributed by atoms with Gasteiger partial charge in [-0.1, -0.05) is 246 Å². The van der Waals surface area contributed by atoms with Crippen LogP contribution in [0.25, 0.3) is 0 Å². The topological polar surface area (TPSA) is 231 Å². The summed E-state index contributed by atoms with van der Waals surface area (Å²) in [5.41, 5.74) is 0. The van der Waals surface area contributed by atoms with Crippen molar-refractivity contribution in [3.05, 3.63) is 109 Å². The van der Waals surface area contributed by atoms with Gasteiger partial charge in [0.05, 0.1) is 26.4 Å². The SMILES string of the molecule is CC/C=C\C/C=C\C/C=C\C/C=C\C/C=C\CCCCCCCCCCCCCC(=O)OCC(O)COP(=O)(O)OCC(O)COP(=O)(O)OCC(COC(=O)CCCCCCC/C=C\C/C=C\CCCCC)OC(=O)CCCCCCC/C=C\C/C=C\CCC. The second kappa shape index (κ2) is 66.2. The molecule has 0 aromatic heterocycles. The number of carbonyl (C=O) groups excluding carboxylic acids is 3. The van der Waals surface area contributed by atoms with E-state index in [0.717, 1.165) is 154 Å². The number of aliphatic hydroxyl groups excluding tert-OH is 2. The molecule has 5 unspecified atom stereocenters. The van der Waals surface area contributed by atoms with E-state index >= 15 is 0 Å². The Morgan fingerprint density at radius 1 is 0.319 bits per heavy atom. The maximum Gasteiger partial charge on any atom is 0.472 e. The summed E-state index contributed by atoms with van der Waals surface area (Å²) < 4.78 is 60.8. The molecule has 0 aliphatic carbocycles. The molecule has 0 saturated heterocycles. The number of ether oxygens (including phenoxy) is 3. The number of aliphatic hydroxyl groups is 2. The maximum absolute atomic E-state index is 12.9. The van der Waals surface area contributed by atoms with Crippen molar-refractivity contribution in [1.82, 2.24) is 0 Å². The minimum absolute atomic E-state index is 0.0845. The van der Waals surface area contributed by atoms with Gasteiger partial charge in [0, 0.05) is 19.3 Å². The van der Waals surface area contributed by atoms with Gasteiger partial charge in [0.1, 0.15) is 25.4 Å². The van der Waals surface area contributed by atoms with Gasteiger partial charge >= 0.3 is 33.6 Å². The molecule has 0 bridgehead atoms. The molecule has 16 nitrogen and oxygen atoms in total. The molecule has 0 fully saturated rings. The van der Waals surface area contributed by atoms with Crippen LogP contribution in [-0.4, -0.2) is 95.9 Å². The smallest absolute Gasteiger partial charge is 0.463 e. The molecule has 0 heterocycles. The molecule has 524 valence electrons. The van der Waals surface area contributed by atoms with Crippen LogP contribution in [0.2, 0.25) is 0 Å². The highest BCUT2D eigenvalue weighted by atomic mass is 31.2. The molecule has 4 N–H and O–H groups in total. The largest absolute Gasteiger partial charge is 0.472 e. The van der Waals surface area contributed by atoms with E-state index in [2.05, 4.69) is 130 Å². The van der Waals surface area contributed by atoms with Crippen LogP contribution >= 0.6 is 15.6 Å². The molecule has 0 spiro atoms. The summed E-state index contributed by atoms with van der Waals surface area (Å²) in [7, 11) is -9.78. The lowest BCUT2D eigenvalue weighted by molar-refractivity contribution is -0.161. The molecule has 5 atom stereocenters. The van der Waals surface area contributed by atoms with Crippen LogP contribution < -0.4 is 0 Å². The Hall–Kier alpha value is -3.79. The normalized spacial score (nSPS) is 14.8. The molecule has 0 aliphatic rings. The summed E-state index contributed by atoms with van der Waals surface area (Å²) >= 11 is 0. The van der Waals surface area contributed by atoms with Gasteiger partial charge < -0.3 is 34.2 Å². The fourth-order valence-corrected chi connectivity index (χ4v) is 10.7. The highest BCUT2D eigenvalue weighted by Gasteiger charge is 2.29. The van der Waals surface area contributed by atoms with Crippen molar-refractivity contribution >= 4 is 33.6 Å². The van der Waals surface area contributed by atoms with Crippen molar-refractivity contribution in [2.45, 2.75) is 296 Å². The van der Waals surface area contributed by atoms with E-state index in [4.69, 9.17) is 32.3 Å². The molecular weight excluding hydrogens is 1190 g/mol. The van der Waals surface area contributed by atoms with Gasteiger partial charge in [0.15, 0.2) is 6.10 Å². The summed E-state index contributed by atoms with van der Waals surface area (Å²) in [4.78, 5) is 58.3. The predicted molar refractivity (Wildman–Crippen MR) is 371 cm³/mol. The van der Waals surface area contributed by atoms with E-state index in [-0.39, 0.29) is 19.3 Å². The van der Waals surface area contributed by atoms with Crippen molar-refractivity contribution in [3.8, 4) is 0 Å². The average Bonchev–Trinajstić information content (AvgIpc) is 3.70. The molecule has 0 aliphatic heterocycles. The third-order valence-electron chi connectivity index (χ3n) is 14.4. The Morgan fingerprint density at radius 3 is 0.967 bits per heavy atom. The lowest BCUT2D eigenvalue weighted by atomic mass is 10.0. The second-order valence-corrected chi connectivity index (χ2v) is 26.2. The molecule has 0 radical (unpaired) electrons. The Morgan fingerprint density at radius 2 is 0.604 bits per heavy atom. The van der Waals surface area contributed by atoms with Gasteiger partial charge in [0.2, 0.25) is 0 Å². The van der Waals surface area contributed by atoms with E-state index in [0.29, 0.717) is 19.3 Å². The van der Waals surface area contributed by atoms with E-state index in [1.807, 2.05) is 0 Å². The van der Waals surface area contributed by atoms with E-state index in [1.165, 1.54) is 64.2 Å². The summed E-state index contributed by atoms with van der Waals surface area (Å²) in [5.74, 6) is -1.61. The van der Waals surface area contributed by atoms with Gasteiger partial charge in [-0.15, -0.1) is 0 Å². The number of hydrogen-bond donors (Lipinski definition) is 4. The first-order valence-electron chi connectivity index (χ1n) is 35.2. The second-order valence-electron chi connectivity index (χ2n) is 23.3. The van der Waals surface area contributed by atoms with Crippen molar-refractivity contribution < 1.29 is 75.8 Å². The molecule has 0 amide bonds. The molecule has 91 heavy (non-hydrogen) atoms. The Kier molecular flexibility index (Phi) is 63.5. The summed E-state index contributed by atoms with van der Waals surface area (Å²) in [6, 6.07) is 0. The van der Waals surface area contributed by atoms with Crippen molar-refractivity contribution in [1.29, 1.82) is 0 Å². The van der Waals surface area contributed by atoms with E-state index < -0.39 is 91.5 Å².